The van der Waals surface area contributed by atoms with Crippen LogP contribution in [0.1, 0.15) is 36.3 Å². The molecule has 0 spiro atoms. The summed E-state index contributed by atoms with van der Waals surface area (Å²) in [6.45, 7) is 2.25. The van der Waals surface area contributed by atoms with E-state index >= 15 is 0 Å². The molecule has 0 aromatic carbocycles. The van der Waals surface area contributed by atoms with Crippen LogP contribution in [0.3, 0.4) is 0 Å². The second kappa shape index (κ2) is 5.84. The largest absolute Gasteiger partial charge is 0.465 e. The highest BCUT2D eigenvalue weighted by Gasteiger charge is 2.31. The van der Waals surface area contributed by atoms with Gasteiger partial charge in [-0.1, -0.05) is 11.6 Å². The Hall–Kier alpha value is -0.910. The van der Waals surface area contributed by atoms with E-state index in [1.807, 2.05) is 18.4 Å². The van der Waals surface area contributed by atoms with Crippen molar-refractivity contribution in [2.45, 2.75) is 32.1 Å². The van der Waals surface area contributed by atoms with Crippen molar-refractivity contribution >= 4 is 40.2 Å². The van der Waals surface area contributed by atoms with Crippen LogP contribution in [-0.4, -0.2) is 17.6 Å². The number of hydrogen-bond acceptors (Lipinski definition) is 5. The Kier molecular flexibility index (Phi) is 4.10. The molecule has 0 aliphatic heterocycles. The first-order chi connectivity index (χ1) is 9.69. The topological polar surface area (TPSA) is 39.2 Å². The molecule has 2 aromatic heterocycles. The number of thiophene rings is 1. The molecule has 3 rings (SSSR count). The smallest absolute Gasteiger partial charge is 0.315 e. The molecule has 0 N–H and O–H groups in total. The second-order valence-corrected chi connectivity index (χ2v) is 7.08. The molecule has 1 aliphatic carbocycles. The molecule has 0 fully saturated rings. The molecule has 3 nitrogen and oxygen atoms in total. The summed E-state index contributed by atoms with van der Waals surface area (Å²) in [5.41, 5.74) is 0.916. The molecule has 1 atom stereocenters. The number of rotatable bonds is 3. The molecular formula is C14H14ClNO2S2. The van der Waals surface area contributed by atoms with Crippen LogP contribution in [0.2, 0.25) is 5.02 Å². The number of carbonyl (C=O) groups excluding carboxylic acids is 1. The zero-order valence-corrected chi connectivity index (χ0v) is 13.4. The van der Waals surface area contributed by atoms with Gasteiger partial charge in [-0.3, -0.25) is 4.79 Å². The number of hydrogen-bond donors (Lipinski definition) is 0. The number of fused-ring (bicyclic) bond motifs is 1. The van der Waals surface area contributed by atoms with Crippen molar-refractivity contribution in [2.75, 3.05) is 6.61 Å². The highest BCUT2D eigenvalue weighted by molar-refractivity contribution is 7.21. The fourth-order valence-corrected chi connectivity index (χ4v) is 4.72. The SMILES string of the molecule is CCOC(=O)C1CCCc2sc(-c3cc(Cl)cs3)nc21. The molecule has 0 bridgehead atoms. The molecule has 0 saturated carbocycles. The van der Waals surface area contributed by atoms with E-state index in [9.17, 15) is 4.79 Å². The third-order valence-electron chi connectivity index (χ3n) is 3.30. The lowest BCUT2D eigenvalue weighted by Crippen LogP contribution is -2.20. The maximum absolute atomic E-state index is 12.0. The van der Waals surface area contributed by atoms with Crippen LogP contribution in [0.4, 0.5) is 0 Å². The summed E-state index contributed by atoms with van der Waals surface area (Å²) in [5.74, 6) is -0.339. The Morgan fingerprint density at radius 2 is 2.45 bits per heavy atom. The Bertz CT molecular complexity index is 635. The Balaban J connectivity index is 1.94. The minimum atomic E-state index is -0.195. The van der Waals surface area contributed by atoms with Gasteiger partial charge in [-0.15, -0.1) is 22.7 Å². The predicted octanol–water partition coefficient (Wildman–Crippen LogP) is 4.51. The molecular weight excluding hydrogens is 314 g/mol. The fourth-order valence-electron chi connectivity index (χ4n) is 2.42. The molecule has 106 valence electrons. The predicted molar refractivity (Wildman–Crippen MR) is 82.7 cm³/mol. The number of carbonyl (C=O) groups is 1. The molecule has 2 heterocycles. The van der Waals surface area contributed by atoms with Gasteiger partial charge in [0.15, 0.2) is 0 Å². The van der Waals surface area contributed by atoms with Crippen LogP contribution < -0.4 is 0 Å². The molecule has 1 aliphatic rings. The third kappa shape index (κ3) is 2.62. The summed E-state index contributed by atoms with van der Waals surface area (Å²) in [6, 6.07) is 1.93. The molecule has 20 heavy (non-hydrogen) atoms. The van der Waals surface area contributed by atoms with Gasteiger partial charge in [-0.05, 0) is 32.3 Å². The minimum Gasteiger partial charge on any atom is -0.465 e. The Labute approximate surface area is 130 Å². The van der Waals surface area contributed by atoms with E-state index < -0.39 is 0 Å². The third-order valence-corrected chi connectivity index (χ3v) is 5.88. The van der Waals surface area contributed by atoms with E-state index in [1.54, 1.807) is 22.7 Å². The molecule has 0 amide bonds. The van der Waals surface area contributed by atoms with Gasteiger partial charge >= 0.3 is 5.97 Å². The second-order valence-electron chi connectivity index (χ2n) is 4.65. The van der Waals surface area contributed by atoms with E-state index in [-0.39, 0.29) is 11.9 Å². The first kappa shape index (κ1) is 14.0. The normalized spacial score (nSPS) is 17.8. The number of thiazole rings is 1. The van der Waals surface area contributed by atoms with Crippen molar-refractivity contribution < 1.29 is 9.53 Å². The Morgan fingerprint density at radius 1 is 1.60 bits per heavy atom. The van der Waals surface area contributed by atoms with E-state index in [1.165, 1.54) is 4.88 Å². The van der Waals surface area contributed by atoms with Gasteiger partial charge in [0.2, 0.25) is 0 Å². The zero-order chi connectivity index (χ0) is 14.1. The molecule has 1 unspecified atom stereocenters. The maximum atomic E-state index is 12.0. The van der Waals surface area contributed by atoms with Gasteiger partial charge in [-0.2, -0.15) is 0 Å². The number of aromatic nitrogens is 1. The average Bonchev–Trinajstić information content (AvgIpc) is 3.03. The fraction of sp³-hybridized carbons (Fsp3) is 0.429. The number of halogens is 1. The summed E-state index contributed by atoms with van der Waals surface area (Å²) in [5, 5.41) is 3.60. The monoisotopic (exact) mass is 327 g/mol. The van der Waals surface area contributed by atoms with Crippen molar-refractivity contribution in [3.05, 3.63) is 27.0 Å². The highest BCUT2D eigenvalue weighted by Crippen LogP contribution is 2.40. The average molecular weight is 328 g/mol. The lowest BCUT2D eigenvalue weighted by molar-refractivity contribution is -0.145. The van der Waals surface area contributed by atoms with Gasteiger partial charge in [-0.25, -0.2) is 4.98 Å². The minimum absolute atomic E-state index is 0.144. The van der Waals surface area contributed by atoms with Gasteiger partial charge in [0.25, 0.3) is 0 Å². The van der Waals surface area contributed by atoms with Crippen molar-refractivity contribution in [1.29, 1.82) is 0 Å². The lowest BCUT2D eigenvalue weighted by Gasteiger charge is -2.19. The van der Waals surface area contributed by atoms with E-state index in [4.69, 9.17) is 16.3 Å². The number of aryl methyl sites for hydroxylation is 1. The standard InChI is InChI=1S/C14H14ClNO2S2/c1-2-18-14(17)9-4-3-5-10-12(9)16-13(20-10)11-6-8(15)7-19-11/h6-7,9H,2-5H2,1H3. The summed E-state index contributed by atoms with van der Waals surface area (Å²) < 4.78 is 5.16. The number of ether oxygens (including phenoxy) is 1. The van der Waals surface area contributed by atoms with Crippen molar-refractivity contribution in [1.82, 2.24) is 4.98 Å². The lowest BCUT2D eigenvalue weighted by atomic mass is 9.91. The maximum Gasteiger partial charge on any atom is 0.315 e. The molecule has 0 saturated heterocycles. The van der Waals surface area contributed by atoms with Crippen LogP contribution in [0.15, 0.2) is 11.4 Å². The van der Waals surface area contributed by atoms with Crippen LogP contribution in [0.25, 0.3) is 9.88 Å². The van der Waals surface area contributed by atoms with Gasteiger partial charge < -0.3 is 4.74 Å². The molecule has 2 aromatic rings. The van der Waals surface area contributed by atoms with Crippen molar-refractivity contribution in [2.24, 2.45) is 0 Å². The van der Waals surface area contributed by atoms with E-state index in [2.05, 4.69) is 4.98 Å². The Morgan fingerprint density at radius 3 is 3.15 bits per heavy atom. The van der Waals surface area contributed by atoms with Gasteiger partial charge in [0, 0.05) is 10.3 Å². The first-order valence-corrected chi connectivity index (χ1v) is 8.67. The first-order valence-electron chi connectivity index (χ1n) is 6.59. The number of esters is 1. The van der Waals surface area contributed by atoms with Crippen LogP contribution in [0.5, 0.6) is 0 Å². The quantitative estimate of drug-likeness (QED) is 0.779. The van der Waals surface area contributed by atoms with Gasteiger partial charge in [0.1, 0.15) is 10.9 Å². The van der Waals surface area contributed by atoms with E-state index in [0.717, 1.165) is 39.9 Å². The van der Waals surface area contributed by atoms with E-state index in [0.29, 0.717) is 6.61 Å². The molecule has 6 heteroatoms. The summed E-state index contributed by atoms with van der Waals surface area (Å²) >= 11 is 9.23. The number of nitrogens with zero attached hydrogens (tertiary/aromatic N) is 1. The van der Waals surface area contributed by atoms with Crippen LogP contribution in [-0.2, 0) is 16.0 Å². The summed E-state index contributed by atoms with van der Waals surface area (Å²) in [4.78, 5) is 19.0. The summed E-state index contributed by atoms with van der Waals surface area (Å²) in [7, 11) is 0. The van der Waals surface area contributed by atoms with Crippen LogP contribution >= 0.6 is 34.3 Å². The highest BCUT2D eigenvalue weighted by atomic mass is 35.5. The summed E-state index contributed by atoms with van der Waals surface area (Å²) in [6.07, 6.45) is 2.85. The zero-order valence-electron chi connectivity index (χ0n) is 11.0. The van der Waals surface area contributed by atoms with Gasteiger partial charge in [0.05, 0.1) is 22.2 Å². The van der Waals surface area contributed by atoms with Crippen molar-refractivity contribution in [3.8, 4) is 9.88 Å². The van der Waals surface area contributed by atoms with Crippen LogP contribution in [0, 0.1) is 0 Å². The van der Waals surface area contributed by atoms with Crippen molar-refractivity contribution in [3.63, 3.8) is 0 Å². The molecule has 0 radical (unpaired) electrons.